The zero-order chi connectivity index (χ0) is 15.3. The second-order valence-electron chi connectivity index (χ2n) is 5.10. The highest BCUT2D eigenvalue weighted by Gasteiger charge is 2.31. The zero-order valence-corrected chi connectivity index (χ0v) is 12.6. The van der Waals surface area contributed by atoms with Crippen LogP contribution < -0.4 is 5.32 Å². The number of carboxylic acid groups (broad SMARTS) is 1. The molecular weight excluding hydrogens is 284 g/mol. The molecule has 1 heterocycles. The monoisotopic (exact) mass is 306 g/mol. The number of nitrogens with zero attached hydrogens (tertiary/aromatic N) is 1. The highest BCUT2D eigenvalue weighted by atomic mass is 32.2. The molecule has 2 amide bonds. The number of hydrogen-bond acceptors (Lipinski definition) is 4. The van der Waals surface area contributed by atoms with Crippen LogP contribution in [0, 0.1) is 5.92 Å². The maximum atomic E-state index is 11.9. The summed E-state index contributed by atoms with van der Waals surface area (Å²) < 4.78 is 23.3. The van der Waals surface area contributed by atoms with E-state index in [0.29, 0.717) is 19.4 Å². The van der Waals surface area contributed by atoms with Crippen LogP contribution in [0.15, 0.2) is 0 Å². The second-order valence-corrected chi connectivity index (χ2v) is 7.50. The highest BCUT2D eigenvalue weighted by molar-refractivity contribution is 7.92. The Morgan fingerprint density at radius 2 is 2.10 bits per heavy atom. The van der Waals surface area contributed by atoms with Crippen LogP contribution in [0.3, 0.4) is 0 Å². The van der Waals surface area contributed by atoms with Gasteiger partial charge in [0.2, 0.25) is 0 Å². The molecule has 2 N–H and O–H groups in total. The van der Waals surface area contributed by atoms with E-state index in [0.717, 1.165) is 0 Å². The molecule has 2 atom stereocenters. The Kier molecular flexibility index (Phi) is 5.79. The molecule has 1 rings (SSSR count). The van der Waals surface area contributed by atoms with Gasteiger partial charge in [-0.05, 0) is 19.8 Å². The third-order valence-corrected chi connectivity index (χ3v) is 5.80. The lowest BCUT2D eigenvalue weighted by Gasteiger charge is -2.24. The van der Waals surface area contributed by atoms with Crippen molar-refractivity contribution in [3.8, 4) is 0 Å². The van der Waals surface area contributed by atoms with Crippen molar-refractivity contribution < 1.29 is 23.1 Å². The molecule has 1 aliphatic rings. The molecular formula is C12H22N2O5S. The minimum absolute atomic E-state index is 0.0963. The molecule has 0 aromatic heterocycles. The van der Waals surface area contributed by atoms with Gasteiger partial charge in [-0.1, -0.05) is 6.92 Å². The van der Waals surface area contributed by atoms with Gasteiger partial charge in [-0.25, -0.2) is 13.2 Å². The first-order valence-electron chi connectivity index (χ1n) is 6.75. The van der Waals surface area contributed by atoms with Crippen molar-refractivity contribution in [2.24, 2.45) is 5.92 Å². The van der Waals surface area contributed by atoms with Crippen LogP contribution in [0.25, 0.3) is 0 Å². The molecule has 0 bridgehead atoms. The number of hydrogen-bond donors (Lipinski definition) is 2. The van der Waals surface area contributed by atoms with E-state index in [-0.39, 0.29) is 18.8 Å². The van der Waals surface area contributed by atoms with Gasteiger partial charge in [-0.2, -0.15) is 0 Å². The van der Waals surface area contributed by atoms with Crippen molar-refractivity contribution in [2.45, 2.75) is 31.9 Å². The van der Waals surface area contributed by atoms with Gasteiger partial charge in [0, 0.05) is 19.6 Å². The van der Waals surface area contributed by atoms with E-state index in [9.17, 15) is 18.0 Å². The smallest absolute Gasteiger partial charge is 0.317 e. The van der Waals surface area contributed by atoms with Gasteiger partial charge in [0.15, 0.2) is 9.84 Å². The van der Waals surface area contributed by atoms with Crippen molar-refractivity contribution in [3.63, 3.8) is 0 Å². The standard InChI is InChI=1S/C12H22N2O5S/c1-3-14(8-9(2)11(15)16)12(17)13-7-10-5-4-6-20(10,18)19/h9-10H,3-8H2,1-2H3,(H,13,17)(H,15,16). The Balaban J connectivity index is 2.49. The fraction of sp³-hybridized carbons (Fsp3) is 0.833. The first-order valence-corrected chi connectivity index (χ1v) is 8.46. The first-order chi connectivity index (χ1) is 9.27. The van der Waals surface area contributed by atoms with Gasteiger partial charge in [0.1, 0.15) is 0 Å². The Morgan fingerprint density at radius 3 is 2.55 bits per heavy atom. The Hall–Kier alpha value is -1.31. The number of rotatable bonds is 6. The predicted molar refractivity (Wildman–Crippen MR) is 74.3 cm³/mol. The average molecular weight is 306 g/mol. The van der Waals surface area contributed by atoms with Crippen molar-refractivity contribution >= 4 is 21.8 Å². The molecule has 0 spiro atoms. The summed E-state index contributed by atoms with van der Waals surface area (Å²) >= 11 is 0. The van der Waals surface area contributed by atoms with E-state index in [2.05, 4.69) is 5.32 Å². The van der Waals surface area contributed by atoms with Crippen LogP contribution in [0.4, 0.5) is 4.79 Å². The predicted octanol–water partition coefficient (Wildman–Crippen LogP) is 0.316. The van der Waals surface area contributed by atoms with E-state index in [1.54, 1.807) is 6.92 Å². The lowest BCUT2D eigenvalue weighted by atomic mass is 10.2. The topological polar surface area (TPSA) is 104 Å². The zero-order valence-electron chi connectivity index (χ0n) is 11.8. The molecule has 0 radical (unpaired) electrons. The number of sulfone groups is 1. The fourth-order valence-corrected chi connectivity index (χ4v) is 3.93. The van der Waals surface area contributed by atoms with Crippen LogP contribution >= 0.6 is 0 Å². The third kappa shape index (κ3) is 4.36. The molecule has 1 aliphatic heterocycles. The Morgan fingerprint density at radius 1 is 1.45 bits per heavy atom. The van der Waals surface area contributed by atoms with Crippen molar-refractivity contribution in [1.29, 1.82) is 0 Å². The van der Waals surface area contributed by atoms with Crippen LogP contribution in [-0.2, 0) is 14.6 Å². The molecule has 8 heteroatoms. The van der Waals surface area contributed by atoms with Crippen LogP contribution in [0.1, 0.15) is 26.7 Å². The largest absolute Gasteiger partial charge is 0.481 e. The summed E-state index contributed by atoms with van der Waals surface area (Å²) in [6.45, 7) is 3.86. The minimum atomic E-state index is -3.08. The maximum Gasteiger partial charge on any atom is 0.317 e. The van der Waals surface area contributed by atoms with E-state index in [1.807, 2.05) is 0 Å². The van der Waals surface area contributed by atoms with Gasteiger partial charge in [-0.3, -0.25) is 4.79 Å². The SMILES string of the molecule is CCN(CC(C)C(=O)O)C(=O)NCC1CCCS1(=O)=O. The molecule has 116 valence electrons. The molecule has 0 aromatic rings. The Bertz CT molecular complexity index is 462. The van der Waals surface area contributed by atoms with E-state index >= 15 is 0 Å². The summed E-state index contributed by atoms with van der Waals surface area (Å²) in [4.78, 5) is 24.1. The number of nitrogens with one attached hydrogen (secondary N) is 1. The maximum absolute atomic E-state index is 11.9. The number of carbonyl (C=O) groups is 2. The number of aliphatic carboxylic acids is 1. The highest BCUT2D eigenvalue weighted by Crippen LogP contribution is 2.19. The molecule has 7 nitrogen and oxygen atoms in total. The van der Waals surface area contributed by atoms with Gasteiger partial charge in [-0.15, -0.1) is 0 Å². The van der Waals surface area contributed by atoms with Crippen molar-refractivity contribution in [2.75, 3.05) is 25.4 Å². The summed E-state index contributed by atoms with van der Waals surface area (Å²) in [5.74, 6) is -1.44. The summed E-state index contributed by atoms with van der Waals surface area (Å²) in [6, 6.07) is -0.414. The minimum Gasteiger partial charge on any atom is -0.481 e. The second kappa shape index (κ2) is 6.92. The van der Waals surface area contributed by atoms with Crippen molar-refractivity contribution in [1.82, 2.24) is 10.2 Å². The molecule has 2 unspecified atom stereocenters. The molecule has 0 aromatic carbocycles. The molecule has 1 saturated heterocycles. The molecule has 0 aliphatic carbocycles. The third-order valence-electron chi connectivity index (χ3n) is 3.53. The van der Waals surface area contributed by atoms with Crippen LogP contribution in [-0.4, -0.2) is 61.1 Å². The van der Waals surface area contributed by atoms with E-state index in [4.69, 9.17) is 5.11 Å². The van der Waals surface area contributed by atoms with E-state index in [1.165, 1.54) is 11.8 Å². The molecule has 0 saturated carbocycles. The summed E-state index contributed by atoms with van der Waals surface area (Å²) in [7, 11) is -3.08. The van der Waals surface area contributed by atoms with Gasteiger partial charge in [0.05, 0.1) is 16.9 Å². The van der Waals surface area contributed by atoms with Gasteiger partial charge >= 0.3 is 12.0 Å². The number of urea groups is 1. The number of carboxylic acids is 1. The summed E-state index contributed by atoms with van der Waals surface area (Å²) in [5.41, 5.74) is 0. The van der Waals surface area contributed by atoms with Gasteiger partial charge < -0.3 is 15.3 Å². The quantitative estimate of drug-likeness (QED) is 0.735. The van der Waals surface area contributed by atoms with Crippen LogP contribution in [0.5, 0.6) is 0 Å². The normalized spacial score (nSPS) is 22.2. The first kappa shape index (κ1) is 16.7. The van der Waals surface area contributed by atoms with Crippen molar-refractivity contribution in [3.05, 3.63) is 0 Å². The number of amides is 2. The summed E-state index contributed by atoms with van der Waals surface area (Å²) in [5, 5.41) is 10.9. The van der Waals surface area contributed by atoms with Gasteiger partial charge in [0.25, 0.3) is 0 Å². The van der Waals surface area contributed by atoms with Crippen LogP contribution in [0.2, 0.25) is 0 Å². The summed E-state index contributed by atoms with van der Waals surface area (Å²) in [6.07, 6.45) is 1.21. The lowest BCUT2D eigenvalue weighted by Crippen LogP contribution is -2.45. The molecule has 1 fully saturated rings. The lowest BCUT2D eigenvalue weighted by molar-refractivity contribution is -0.141. The Labute approximate surface area is 119 Å². The number of carbonyl (C=O) groups excluding carboxylic acids is 1. The average Bonchev–Trinajstić information content (AvgIpc) is 2.71. The fourth-order valence-electron chi connectivity index (χ4n) is 2.16. The van der Waals surface area contributed by atoms with E-state index < -0.39 is 33.0 Å². The molecule has 20 heavy (non-hydrogen) atoms.